The number of halogens is 1. The highest BCUT2D eigenvalue weighted by atomic mass is 79.9. The second kappa shape index (κ2) is 10.8. The van der Waals surface area contributed by atoms with Gasteiger partial charge in [0, 0.05) is 0 Å². The van der Waals surface area contributed by atoms with Crippen molar-refractivity contribution in [2.45, 2.75) is 6.16 Å². The Hall–Kier alpha value is -2.99. The molecular formula is C31H26BrP. The van der Waals surface area contributed by atoms with E-state index in [4.69, 9.17) is 0 Å². The van der Waals surface area contributed by atoms with Crippen molar-refractivity contribution in [1.29, 1.82) is 0 Å². The average molecular weight is 509 g/mol. The summed E-state index contributed by atoms with van der Waals surface area (Å²) in [7, 11) is -1.86. The third-order valence-electron chi connectivity index (χ3n) is 6.07. The standard InChI is InChI=1S/C31H26P.BrH/c1-5-13-27(14-6-1)28-23-21-26(22-24-28)25-32(29-15-7-2-8-16-29,30-17-9-3-10-18-30)31-19-11-4-12-20-31;/h1-24H,25H2;1H/q+1;/p-1. The van der Waals surface area contributed by atoms with Crippen molar-refractivity contribution in [1.82, 2.24) is 0 Å². The molecule has 0 aliphatic carbocycles. The summed E-state index contributed by atoms with van der Waals surface area (Å²) in [6.07, 6.45) is 1.00. The molecule has 0 heterocycles. The Balaban J connectivity index is 0.00000259. The summed E-state index contributed by atoms with van der Waals surface area (Å²) in [5.74, 6) is 0. The van der Waals surface area contributed by atoms with Crippen LogP contribution in [0, 0.1) is 0 Å². The molecule has 0 radical (unpaired) electrons. The maximum atomic E-state index is 2.31. The molecule has 0 atom stereocenters. The molecular weight excluding hydrogens is 483 g/mol. The van der Waals surface area contributed by atoms with Crippen molar-refractivity contribution in [2.24, 2.45) is 0 Å². The van der Waals surface area contributed by atoms with E-state index in [2.05, 4.69) is 146 Å². The highest BCUT2D eigenvalue weighted by Gasteiger charge is 2.45. The summed E-state index contributed by atoms with van der Waals surface area (Å²) in [6.45, 7) is 0. The van der Waals surface area contributed by atoms with E-state index in [1.54, 1.807) is 0 Å². The molecule has 0 aliphatic heterocycles. The first-order chi connectivity index (χ1) is 15.9. The summed E-state index contributed by atoms with van der Waals surface area (Å²) in [5, 5.41) is 4.26. The molecule has 0 saturated carbocycles. The van der Waals surface area contributed by atoms with Crippen LogP contribution in [0.1, 0.15) is 5.56 Å². The van der Waals surface area contributed by atoms with Crippen LogP contribution >= 0.6 is 7.26 Å². The molecule has 0 aromatic heterocycles. The zero-order chi connectivity index (χ0) is 21.6. The Morgan fingerprint density at radius 2 is 0.697 bits per heavy atom. The molecule has 0 amide bonds. The van der Waals surface area contributed by atoms with Gasteiger partial charge in [0.1, 0.15) is 23.2 Å². The van der Waals surface area contributed by atoms with Crippen LogP contribution in [0.25, 0.3) is 11.1 Å². The molecule has 0 nitrogen and oxygen atoms in total. The predicted octanol–water partition coefficient (Wildman–Crippen LogP) is 3.85. The molecule has 5 aromatic rings. The van der Waals surface area contributed by atoms with E-state index in [1.165, 1.54) is 32.6 Å². The van der Waals surface area contributed by atoms with Gasteiger partial charge in [0.05, 0.1) is 6.16 Å². The molecule has 162 valence electrons. The normalized spacial score (nSPS) is 10.9. The lowest BCUT2D eigenvalue weighted by Crippen LogP contribution is -3.00. The van der Waals surface area contributed by atoms with Crippen molar-refractivity contribution in [3.63, 3.8) is 0 Å². The van der Waals surface area contributed by atoms with Crippen molar-refractivity contribution in [2.75, 3.05) is 0 Å². The molecule has 0 saturated heterocycles. The Kier molecular flexibility index (Phi) is 7.55. The van der Waals surface area contributed by atoms with Crippen LogP contribution < -0.4 is 32.9 Å². The van der Waals surface area contributed by atoms with E-state index in [1.807, 2.05) is 0 Å². The Bertz CT molecular complexity index is 1160. The van der Waals surface area contributed by atoms with E-state index >= 15 is 0 Å². The molecule has 0 aliphatic rings. The molecule has 5 rings (SSSR count). The Morgan fingerprint density at radius 3 is 1.09 bits per heavy atom. The fourth-order valence-corrected chi connectivity index (χ4v) is 8.72. The van der Waals surface area contributed by atoms with Crippen LogP contribution in [0.2, 0.25) is 0 Å². The molecule has 0 spiro atoms. The van der Waals surface area contributed by atoms with Gasteiger partial charge in [-0.1, -0.05) is 109 Å². The average Bonchev–Trinajstić information content (AvgIpc) is 2.90. The number of hydrogen-bond donors (Lipinski definition) is 0. The van der Waals surface area contributed by atoms with E-state index in [9.17, 15) is 0 Å². The van der Waals surface area contributed by atoms with Crippen molar-refractivity contribution in [3.8, 4) is 11.1 Å². The Morgan fingerprint density at radius 1 is 0.364 bits per heavy atom. The molecule has 0 unspecified atom stereocenters. The highest BCUT2D eigenvalue weighted by Crippen LogP contribution is 2.58. The maximum absolute atomic E-state index is 2.31. The SMILES string of the molecule is [Br-].c1ccc(-c2ccc(C[P+](c3ccccc3)(c3ccccc3)c3ccccc3)cc2)cc1. The van der Waals surface area contributed by atoms with Gasteiger partial charge in [-0.3, -0.25) is 0 Å². The van der Waals surface area contributed by atoms with Gasteiger partial charge in [-0.15, -0.1) is 0 Å². The second-order valence-corrected chi connectivity index (χ2v) is 11.5. The zero-order valence-electron chi connectivity index (χ0n) is 18.4. The van der Waals surface area contributed by atoms with Gasteiger partial charge in [0.2, 0.25) is 0 Å². The third-order valence-corrected chi connectivity index (χ3v) is 10.5. The first kappa shape index (κ1) is 23.2. The lowest BCUT2D eigenvalue weighted by atomic mass is 10.0. The number of benzene rings is 5. The van der Waals surface area contributed by atoms with Gasteiger partial charge >= 0.3 is 0 Å². The fraction of sp³-hybridized carbons (Fsp3) is 0.0323. The van der Waals surface area contributed by atoms with Gasteiger partial charge < -0.3 is 17.0 Å². The predicted molar refractivity (Wildman–Crippen MR) is 141 cm³/mol. The smallest absolute Gasteiger partial charge is 0.116 e. The van der Waals surface area contributed by atoms with Crippen molar-refractivity contribution < 1.29 is 17.0 Å². The van der Waals surface area contributed by atoms with Crippen molar-refractivity contribution in [3.05, 3.63) is 151 Å². The molecule has 0 fully saturated rings. The monoisotopic (exact) mass is 508 g/mol. The van der Waals surface area contributed by atoms with Gasteiger partial charge in [-0.25, -0.2) is 0 Å². The molecule has 0 N–H and O–H groups in total. The van der Waals surface area contributed by atoms with Crippen LogP contribution in [0.15, 0.2) is 146 Å². The van der Waals surface area contributed by atoms with Crippen LogP contribution in [0.3, 0.4) is 0 Å². The largest absolute Gasteiger partial charge is 1.00 e. The third kappa shape index (κ3) is 4.86. The molecule has 33 heavy (non-hydrogen) atoms. The minimum Gasteiger partial charge on any atom is -1.00 e. The Labute approximate surface area is 208 Å². The number of rotatable bonds is 6. The quantitative estimate of drug-likeness (QED) is 0.305. The van der Waals surface area contributed by atoms with Crippen molar-refractivity contribution >= 4 is 23.2 Å². The summed E-state index contributed by atoms with van der Waals surface area (Å²) in [6, 6.07) is 53.0. The topological polar surface area (TPSA) is 0 Å². The van der Waals surface area contributed by atoms with Crippen LogP contribution in [-0.4, -0.2) is 0 Å². The van der Waals surface area contributed by atoms with Gasteiger partial charge in [-0.05, 0) is 53.1 Å². The highest BCUT2D eigenvalue weighted by molar-refractivity contribution is 7.95. The van der Waals surface area contributed by atoms with Gasteiger partial charge in [0.25, 0.3) is 0 Å². The molecule has 5 aromatic carbocycles. The van der Waals surface area contributed by atoms with Crippen LogP contribution in [0.5, 0.6) is 0 Å². The van der Waals surface area contributed by atoms with Crippen LogP contribution in [-0.2, 0) is 6.16 Å². The summed E-state index contributed by atoms with van der Waals surface area (Å²) in [4.78, 5) is 0. The second-order valence-electron chi connectivity index (χ2n) is 8.04. The zero-order valence-corrected chi connectivity index (χ0v) is 20.9. The molecule has 0 bridgehead atoms. The minimum absolute atomic E-state index is 0. The summed E-state index contributed by atoms with van der Waals surface area (Å²) >= 11 is 0. The first-order valence-electron chi connectivity index (χ1n) is 11.1. The van der Waals surface area contributed by atoms with E-state index in [0.29, 0.717) is 0 Å². The van der Waals surface area contributed by atoms with Gasteiger partial charge in [-0.2, -0.15) is 0 Å². The van der Waals surface area contributed by atoms with E-state index in [0.717, 1.165) is 6.16 Å². The lowest BCUT2D eigenvalue weighted by molar-refractivity contribution is -0.00000614. The van der Waals surface area contributed by atoms with Gasteiger partial charge in [0.15, 0.2) is 0 Å². The summed E-state index contributed by atoms with van der Waals surface area (Å²) in [5.41, 5.74) is 3.89. The summed E-state index contributed by atoms with van der Waals surface area (Å²) < 4.78 is 0. The maximum Gasteiger partial charge on any atom is 0.116 e. The minimum atomic E-state index is -1.86. The fourth-order valence-electron chi connectivity index (χ4n) is 4.48. The van der Waals surface area contributed by atoms with E-state index < -0.39 is 7.26 Å². The number of hydrogen-bond acceptors (Lipinski definition) is 0. The lowest BCUT2D eigenvalue weighted by Gasteiger charge is -2.28. The van der Waals surface area contributed by atoms with E-state index in [-0.39, 0.29) is 17.0 Å². The molecule has 2 heteroatoms. The van der Waals surface area contributed by atoms with Crippen LogP contribution in [0.4, 0.5) is 0 Å². The first-order valence-corrected chi connectivity index (χ1v) is 13.0.